The van der Waals surface area contributed by atoms with Crippen LogP contribution in [0.2, 0.25) is 0 Å². The first-order chi connectivity index (χ1) is 15.3. The fourth-order valence-electron chi connectivity index (χ4n) is 3.42. The van der Waals surface area contributed by atoms with Gasteiger partial charge >= 0.3 is 0 Å². The maximum absolute atomic E-state index is 12.8. The molecule has 1 amide bonds. The fourth-order valence-corrected chi connectivity index (χ4v) is 4.31. The van der Waals surface area contributed by atoms with Crippen LogP contribution in [0.1, 0.15) is 40.9 Å². The molecule has 7 heteroatoms. The minimum absolute atomic E-state index is 0.119. The molecule has 0 aromatic heterocycles. The molecule has 0 saturated carbocycles. The number of nitrogens with zero attached hydrogens (tertiary/aromatic N) is 1. The zero-order valence-electron chi connectivity index (χ0n) is 18.5. The Hall–Kier alpha value is -3.32. The molecule has 0 fully saturated rings. The zero-order chi connectivity index (χ0) is 23.1. The molecule has 0 bridgehead atoms. The lowest BCUT2D eigenvalue weighted by Crippen LogP contribution is -2.29. The van der Waals surface area contributed by atoms with Gasteiger partial charge in [-0.2, -0.15) is 0 Å². The van der Waals surface area contributed by atoms with Crippen molar-refractivity contribution in [2.75, 3.05) is 17.7 Å². The molecule has 3 rings (SSSR count). The first-order valence-electron chi connectivity index (χ1n) is 10.4. The number of hydrogen-bond donors (Lipinski definition) is 1. The van der Waals surface area contributed by atoms with Crippen LogP contribution in [0.25, 0.3) is 0 Å². The van der Waals surface area contributed by atoms with Gasteiger partial charge in [0.1, 0.15) is 5.75 Å². The van der Waals surface area contributed by atoms with E-state index in [9.17, 15) is 13.2 Å². The summed E-state index contributed by atoms with van der Waals surface area (Å²) in [5, 5.41) is 3.06. The molecule has 1 N–H and O–H groups in total. The summed E-state index contributed by atoms with van der Waals surface area (Å²) in [7, 11) is -1.83. The Balaban J connectivity index is 1.71. The van der Waals surface area contributed by atoms with Crippen molar-refractivity contribution >= 4 is 21.6 Å². The second kappa shape index (κ2) is 10.3. The first-order valence-corrected chi connectivity index (χ1v) is 12.2. The van der Waals surface area contributed by atoms with Crippen molar-refractivity contribution in [3.63, 3.8) is 0 Å². The summed E-state index contributed by atoms with van der Waals surface area (Å²) in [5.41, 5.74) is 2.91. The zero-order valence-corrected chi connectivity index (χ0v) is 19.3. The lowest BCUT2D eigenvalue weighted by Gasteiger charge is -2.22. The molecule has 3 aromatic rings. The Morgan fingerprint density at radius 2 is 1.59 bits per heavy atom. The van der Waals surface area contributed by atoms with E-state index in [4.69, 9.17) is 4.74 Å². The third-order valence-corrected chi connectivity index (χ3v) is 6.36. The van der Waals surface area contributed by atoms with E-state index in [1.54, 1.807) is 55.6 Å². The Bertz CT molecular complexity index is 1130. The number of carbonyl (C=O) groups is 1. The second-order valence-corrected chi connectivity index (χ2v) is 9.42. The molecule has 0 aliphatic carbocycles. The monoisotopic (exact) mass is 452 g/mol. The van der Waals surface area contributed by atoms with Crippen molar-refractivity contribution in [2.24, 2.45) is 0 Å². The molecular formula is C25H28N2O4S. The number of sulfonamides is 1. The Morgan fingerprint density at radius 3 is 2.12 bits per heavy atom. The van der Waals surface area contributed by atoms with Crippen molar-refractivity contribution in [1.82, 2.24) is 5.32 Å². The van der Waals surface area contributed by atoms with Gasteiger partial charge in [-0.05, 0) is 53.9 Å². The topological polar surface area (TPSA) is 75.7 Å². The van der Waals surface area contributed by atoms with Gasteiger partial charge in [0.15, 0.2) is 0 Å². The van der Waals surface area contributed by atoms with E-state index in [-0.39, 0.29) is 18.5 Å². The van der Waals surface area contributed by atoms with Gasteiger partial charge in [-0.25, -0.2) is 8.42 Å². The molecule has 0 saturated heterocycles. The van der Waals surface area contributed by atoms with Crippen LogP contribution in [0.3, 0.4) is 0 Å². The molecule has 1 atom stereocenters. The number of methoxy groups -OCH3 is 1. The number of rotatable bonds is 9. The maximum atomic E-state index is 12.8. The molecule has 0 unspecified atom stereocenters. The normalized spacial score (nSPS) is 12.1. The summed E-state index contributed by atoms with van der Waals surface area (Å²) in [5.74, 6) is 0.589. The van der Waals surface area contributed by atoms with Crippen molar-refractivity contribution in [3.05, 3.63) is 95.6 Å². The molecule has 0 radical (unpaired) electrons. The van der Waals surface area contributed by atoms with E-state index < -0.39 is 10.0 Å². The molecule has 0 heterocycles. The second-order valence-electron chi connectivity index (χ2n) is 7.51. The van der Waals surface area contributed by atoms with Crippen molar-refractivity contribution in [1.29, 1.82) is 0 Å². The number of para-hydroxylation sites is 1. The summed E-state index contributed by atoms with van der Waals surface area (Å²) in [6, 6.07) is 23.5. The van der Waals surface area contributed by atoms with Crippen LogP contribution >= 0.6 is 0 Å². The predicted octanol–water partition coefficient (Wildman–Crippen LogP) is 4.54. The molecule has 0 aliphatic rings. The van der Waals surface area contributed by atoms with Gasteiger partial charge in [0.05, 0.1) is 31.6 Å². The molecule has 32 heavy (non-hydrogen) atoms. The number of anilines is 1. The summed E-state index contributed by atoms with van der Waals surface area (Å²) in [6.07, 6.45) is 1.93. The number of nitrogens with one attached hydrogen (secondary N) is 1. The highest BCUT2D eigenvalue weighted by Crippen LogP contribution is 2.22. The highest BCUT2D eigenvalue weighted by Gasteiger charge is 2.18. The van der Waals surface area contributed by atoms with Gasteiger partial charge in [0, 0.05) is 5.56 Å². The average Bonchev–Trinajstić information content (AvgIpc) is 2.81. The molecule has 0 spiro atoms. The van der Waals surface area contributed by atoms with Crippen LogP contribution in [-0.4, -0.2) is 27.7 Å². The van der Waals surface area contributed by atoms with Crippen LogP contribution in [0.4, 0.5) is 5.69 Å². The van der Waals surface area contributed by atoms with Gasteiger partial charge in [-0.1, -0.05) is 49.4 Å². The lowest BCUT2D eigenvalue weighted by atomic mass is 10.0. The van der Waals surface area contributed by atoms with Crippen LogP contribution in [-0.2, 0) is 16.6 Å². The number of amides is 1. The van der Waals surface area contributed by atoms with E-state index in [0.717, 1.165) is 23.3 Å². The molecular weight excluding hydrogens is 424 g/mol. The summed E-state index contributed by atoms with van der Waals surface area (Å²) < 4.78 is 31.1. The standard InChI is InChI=1S/C25H28N2O4S/c1-4-24(20-14-16-23(31-2)17-15-20)26-25(28)21-12-10-19(11-13-21)18-27(32(3,29)30)22-8-6-5-7-9-22/h5-17,24H,4,18H2,1-3H3,(H,26,28)/t24-/m0/s1. The van der Waals surface area contributed by atoms with E-state index in [1.807, 2.05) is 37.3 Å². The van der Waals surface area contributed by atoms with E-state index in [2.05, 4.69) is 5.32 Å². The average molecular weight is 453 g/mol. The minimum Gasteiger partial charge on any atom is -0.497 e. The largest absolute Gasteiger partial charge is 0.497 e. The van der Waals surface area contributed by atoms with Gasteiger partial charge in [0.2, 0.25) is 10.0 Å². The fraction of sp³-hybridized carbons (Fsp3) is 0.240. The summed E-state index contributed by atoms with van der Waals surface area (Å²) >= 11 is 0. The van der Waals surface area contributed by atoms with Crippen LogP contribution in [0.5, 0.6) is 5.75 Å². The van der Waals surface area contributed by atoms with Gasteiger partial charge in [-0.3, -0.25) is 9.10 Å². The number of hydrogen-bond acceptors (Lipinski definition) is 4. The van der Waals surface area contributed by atoms with E-state index in [1.165, 1.54) is 10.6 Å². The maximum Gasteiger partial charge on any atom is 0.251 e. The molecule has 6 nitrogen and oxygen atoms in total. The van der Waals surface area contributed by atoms with Gasteiger partial charge < -0.3 is 10.1 Å². The summed E-state index contributed by atoms with van der Waals surface area (Å²) in [6.45, 7) is 2.20. The number of ether oxygens (including phenoxy) is 1. The van der Waals surface area contributed by atoms with Crippen molar-refractivity contribution in [3.8, 4) is 5.75 Å². The van der Waals surface area contributed by atoms with Crippen molar-refractivity contribution < 1.29 is 17.9 Å². The molecule has 3 aromatic carbocycles. The van der Waals surface area contributed by atoms with Crippen LogP contribution < -0.4 is 14.4 Å². The van der Waals surface area contributed by atoms with Crippen molar-refractivity contribution in [2.45, 2.75) is 25.9 Å². The number of carbonyl (C=O) groups excluding carboxylic acids is 1. The molecule has 168 valence electrons. The molecule has 0 aliphatic heterocycles. The first kappa shape index (κ1) is 23.3. The third-order valence-electron chi connectivity index (χ3n) is 5.22. The van der Waals surface area contributed by atoms with E-state index >= 15 is 0 Å². The quantitative estimate of drug-likeness (QED) is 0.517. The van der Waals surface area contributed by atoms with Crippen LogP contribution in [0.15, 0.2) is 78.9 Å². The van der Waals surface area contributed by atoms with Gasteiger partial charge in [0.25, 0.3) is 5.91 Å². The van der Waals surface area contributed by atoms with Gasteiger partial charge in [-0.15, -0.1) is 0 Å². The Labute approximate surface area is 189 Å². The predicted molar refractivity (Wildman–Crippen MR) is 127 cm³/mol. The highest BCUT2D eigenvalue weighted by molar-refractivity contribution is 7.92. The SMILES string of the molecule is CC[C@H](NC(=O)c1ccc(CN(c2ccccc2)S(C)(=O)=O)cc1)c1ccc(OC)cc1. The smallest absolute Gasteiger partial charge is 0.251 e. The minimum atomic E-state index is -3.45. The summed E-state index contributed by atoms with van der Waals surface area (Å²) in [4.78, 5) is 12.8. The Morgan fingerprint density at radius 1 is 0.969 bits per heavy atom. The Kier molecular flexibility index (Phi) is 7.53. The number of benzene rings is 3. The highest BCUT2D eigenvalue weighted by atomic mass is 32.2. The van der Waals surface area contributed by atoms with Crippen LogP contribution in [0, 0.1) is 0 Å². The van der Waals surface area contributed by atoms with E-state index in [0.29, 0.717) is 11.3 Å². The third kappa shape index (κ3) is 5.88. The lowest BCUT2D eigenvalue weighted by molar-refractivity contribution is 0.0935.